The van der Waals surface area contributed by atoms with Gasteiger partial charge in [0.2, 0.25) is 5.69 Å². The third kappa shape index (κ3) is 3.31. The molecule has 1 heteroatoms. The molecule has 1 heterocycles. The van der Waals surface area contributed by atoms with Crippen LogP contribution in [0.5, 0.6) is 0 Å². The summed E-state index contributed by atoms with van der Waals surface area (Å²) in [5, 5.41) is 0. The van der Waals surface area contributed by atoms with Gasteiger partial charge in [0.05, 0.1) is 0 Å². The molecule has 1 nitrogen and oxygen atoms in total. The van der Waals surface area contributed by atoms with Crippen LogP contribution in [0.3, 0.4) is 0 Å². The maximum atomic E-state index is 2.48. The van der Waals surface area contributed by atoms with E-state index in [1.54, 1.807) is 11.1 Å². The van der Waals surface area contributed by atoms with Crippen molar-refractivity contribution >= 4 is 0 Å². The molecule has 1 fully saturated rings. The second-order valence-electron chi connectivity index (χ2n) is 9.55. The molecule has 1 aromatic heterocycles. The van der Waals surface area contributed by atoms with Gasteiger partial charge in [0, 0.05) is 17.2 Å². The standard InChI is InChI=1S/C28H32N/c1-20-8-4-5-9-25(20)27-16-21(2)26(19-29(27)3)23-10-11-24-18-28(13-6-7-14-28)15-12-22(24)17-23/h4-5,8-11,16-17,19H,6-7,12-15,18H2,1-3H3/q+1. The normalized spacial score (nSPS) is 17.5. The summed E-state index contributed by atoms with van der Waals surface area (Å²) in [4.78, 5) is 0. The van der Waals surface area contributed by atoms with Gasteiger partial charge < -0.3 is 0 Å². The number of nitrogens with zero attached hydrogens (tertiary/aromatic N) is 1. The minimum Gasteiger partial charge on any atom is -0.200 e. The molecule has 0 aliphatic heterocycles. The van der Waals surface area contributed by atoms with Crippen molar-refractivity contribution in [2.24, 2.45) is 12.5 Å². The zero-order valence-electron chi connectivity index (χ0n) is 18.1. The molecule has 0 radical (unpaired) electrons. The Balaban J connectivity index is 1.50. The van der Waals surface area contributed by atoms with Crippen molar-refractivity contribution in [2.45, 2.75) is 58.8 Å². The summed E-state index contributed by atoms with van der Waals surface area (Å²) in [5.74, 6) is 0. The van der Waals surface area contributed by atoms with Crippen molar-refractivity contribution in [3.05, 3.63) is 77.0 Å². The summed E-state index contributed by atoms with van der Waals surface area (Å²) < 4.78 is 2.29. The SMILES string of the molecule is Cc1cc(-c2ccccc2C)[n+](C)cc1-c1ccc2c(c1)CCC1(CCCC1)C2. The van der Waals surface area contributed by atoms with Gasteiger partial charge >= 0.3 is 0 Å². The van der Waals surface area contributed by atoms with Crippen molar-refractivity contribution in [1.82, 2.24) is 0 Å². The lowest BCUT2D eigenvalue weighted by Gasteiger charge is -2.35. The highest BCUT2D eigenvalue weighted by atomic mass is 14.9. The largest absolute Gasteiger partial charge is 0.212 e. The molecule has 148 valence electrons. The first-order chi connectivity index (χ1) is 14.0. The van der Waals surface area contributed by atoms with Crippen LogP contribution in [0.15, 0.2) is 54.7 Å². The number of aryl methyl sites for hydroxylation is 4. The molecular formula is C28H32N+. The third-order valence-corrected chi connectivity index (χ3v) is 7.57. The van der Waals surface area contributed by atoms with Gasteiger partial charge in [-0.2, -0.15) is 0 Å². The molecule has 0 bridgehead atoms. The van der Waals surface area contributed by atoms with E-state index in [4.69, 9.17) is 0 Å². The summed E-state index contributed by atoms with van der Waals surface area (Å²) in [6.07, 6.45) is 12.1. The second kappa shape index (κ2) is 7.13. The quantitative estimate of drug-likeness (QED) is 0.445. The van der Waals surface area contributed by atoms with Crippen LogP contribution < -0.4 is 4.57 Å². The Kier molecular flexibility index (Phi) is 4.57. The Labute approximate surface area is 175 Å². The van der Waals surface area contributed by atoms with Crippen LogP contribution in [0.2, 0.25) is 0 Å². The van der Waals surface area contributed by atoms with Crippen LogP contribution in [0.25, 0.3) is 22.4 Å². The highest BCUT2D eigenvalue weighted by molar-refractivity contribution is 5.70. The lowest BCUT2D eigenvalue weighted by molar-refractivity contribution is -0.660. The number of pyridine rings is 1. The number of rotatable bonds is 2. The van der Waals surface area contributed by atoms with Gasteiger partial charge in [-0.3, -0.25) is 0 Å². The van der Waals surface area contributed by atoms with E-state index in [1.807, 2.05) is 0 Å². The van der Waals surface area contributed by atoms with Crippen LogP contribution in [-0.2, 0) is 19.9 Å². The Morgan fingerprint density at radius 2 is 1.59 bits per heavy atom. The van der Waals surface area contributed by atoms with E-state index in [-0.39, 0.29) is 0 Å². The molecule has 0 N–H and O–H groups in total. The Morgan fingerprint density at radius 1 is 0.793 bits per heavy atom. The monoisotopic (exact) mass is 382 g/mol. The van der Waals surface area contributed by atoms with E-state index in [1.165, 1.54) is 78.5 Å². The summed E-state index contributed by atoms with van der Waals surface area (Å²) in [6, 6.07) is 18.3. The molecule has 0 unspecified atom stereocenters. The zero-order chi connectivity index (χ0) is 20.0. The van der Waals surface area contributed by atoms with Crippen LogP contribution >= 0.6 is 0 Å². The number of hydrogen-bond donors (Lipinski definition) is 0. The van der Waals surface area contributed by atoms with Gasteiger partial charge in [-0.15, -0.1) is 0 Å². The molecule has 5 rings (SSSR count). The van der Waals surface area contributed by atoms with Crippen molar-refractivity contribution in [3.63, 3.8) is 0 Å². The number of hydrogen-bond acceptors (Lipinski definition) is 0. The first kappa shape index (κ1) is 18.6. The van der Waals surface area contributed by atoms with Crippen LogP contribution in [0, 0.1) is 19.3 Å². The van der Waals surface area contributed by atoms with Crippen molar-refractivity contribution in [2.75, 3.05) is 0 Å². The highest BCUT2D eigenvalue weighted by Gasteiger charge is 2.36. The maximum Gasteiger partial charge on any atom is 0.212 e. The topological polar surface area (TPSA) is 3.88 Å². The van der Waals surface area contributed by atoms with E-state index in [9.17, 15) is 0 Å². The highest BCUT2D eigenvalue weighted by Crippen LogP contribution is 2.48. The van der Waals surface area contributed by atoms with Gasteiger partial charge in [0.1, 0.15) is 7.05 Å². The van der Waals surface area contributed by atoms with E-state index < -0.39 is 0 Å². The van der Waals surface area contributed by atoms with Gasteiger partial charge in [0.15, 0.2) is 6.20 Å². The minimum absolute atomic E-state index is 0.631. The maximum absolute atomic E-state index is 2.48. The van der Waals surface area contributed by atoms with Crippen molar-refractivity contribution in [1.29, 1.82) is 0 Å². The van der Waals surface area contributed by atoms with Gasteiger partial charge in [-0.05, 0) is 85.3 Å². The fourth-order valence-electron chi connectivity index (χ4n) is 5.82. The molecular weight excluding hydrogens is 350 g/mol. The molecule has 0 atom stereocenters. The molecule has 1 spiro atoms. The second-order valence-corrected chi connectivity index (χ2v) is 9.55. The van der Waals surface area contributed by atoms with Crippen molar-refractivity contribution < 1.29 is 4.57 Å². The Hall–Kier alpha value is -2.41. The van der Waals surface area contributed by atoms with E-state index in [0.29, 0.717) is 5.41 Å². The number of benzene rings is 2. The smallest absolute Gasteiger partial charge is 0.200 e. The predicted octanol–water partition coefficient (Wildman–Crippen LogP) is 6.51. The number of fused-ring (bicyclic) bond motifs is 1. The van der Waals surface area contributed by atoms with Crippen LogP contribution in [0.4, 0.5) is 0 Å². The minimum atomic E-state index is 0.631. The molecule has 1 saturated carbocycles. The number of aromatic nitrogens is 1. The van der Waals surface area contributed by atoms with E-state index in [2.05, 4.69) is 80.2 Å². The summed E-state index contributed by atoms with van der Waals surface area (Å²) >= 11 is 0. The molecule has 0 saturated heterocycles. The fraction of sp³-hybridized carbons (Fsp3) is 0.393. The summed E-state index contributed by atoms with van der Waals surface area (Å²) in [5.41, 5.74) is 11.8. The molecule has 0 amide bonds. The molecule has 3 aromatic rings. The first-order valence-electron chi connectivity index (χ1n) is 11.2. The van der Waals surface area contributed by atoms with Crippen molar-refractivity contribution in [3.8, 4) is 22.4 Å². The molecule has 29 heavy (non-hydrogen) atoms. The predicted molar refractivity (Wildman–Crippen MR) is 121 cm³/mol. The average molecular weight is 383 g/mol. The molecule has 2 aliphatic carbocycles. The van der Waals surface area contributed by atoms with Gasteiger partial charge in [-0.1, -0.05) is 49.2 Å². The summed E-state index contributed by atoms with van der Waals surface area (Å²) in [6.45, 7) is 4.45. The van der Waals surface area contributed by atoms with Gasteiger partial charge in [0.25, 0.3) is 0 Å². The first-order valence-corrected chi connectivity index (χ1v) is 11.2. The average Bonchev–Trinajstić information content (AvgIpc) is 3.17. The Morgan fingerprint density at radius 3 is 2.38 bits per heavy atom. The Bertz CT molecular complexity index is 1070. The lowest BCUT2D eigenvalue weighted by atomic mass is 9.70. The fourth-order valence-corrected chi connectivity index (χ4v) is 5.82. The van der Waals surface area contributed by atoms with E-state index >= 15 is 0 Å². The lowest BCUT2D eigenvalue weighted by Crippen LogP contribution is -2.31. The summed E-state index contributed by atoms with van der Waals surface area (Å²) in [7, 11) is 2.17. The van der Waals surface area contributed by atoms with Gasteiger partial charge in [-0.25, -0.2) is 4.57 Å². The molecule has 2 aliphatic rings. The van der Waals surface area contributed by atoms with Crippen LogP contribution in [0.1, 0.15) is 54.4 Å². The third-order valence-electron chi connectivity index (χ3n) is 7.57. The molecule has 2 aromatic carbocycles. The van der Waals surface area contributed by atoms with Crippen LogP contribution in [-0.4, -0.2) is 0 Å². The van der Waals surface area contributed by atoms with E-state index in [0.717, 1.165) is 0 Å². The zero-order valence-corrected chi connectivity index (χ0v) is 18.1.